The van der Waals surface area contributed by atoms with Crippen molar-refractivity contribution in [3.05, 3.63) is 22.7 Å². The van der Waals surface area contributed by atoms with Gasteiger partial charge in [-0.2, -0.15) is 0 Å². The Balaban J connectivity index is 2.62. The minimum atomic E-state index is 0.264. The van der Waals surface area contributed by atoms with Gasteiger partial charge in [0.15, 0.2) is 0 Å². The molecule has 0 saturated carbocycles. The van der Waals surface area contributed by atoms with Crippen LogP contribution < -0.4 is 0 Å². The molecule has 0 aliphatic carbocycles. The van der Waals surface area contributed by atoms with Crippen molar-refractivity contribution in [3.63, 3.8) is 0 Å². The molecule has 1 rings (SSSR count). The predicted octanol–water partition coefficient (Wildman–Crippen LogP) is 6.59. The molecule has 1 unspecified atom stereocenters. The first-order chi connectivity index (χ1) is 9.66. The van der Waals surface area contributed by atoms with Gasteiger partial charge >= 0.3 is 0 Å². The van der Waals surface area contributed by atoms with Gasteiger partial charge in [0.25, 0.3) is 0 Å². The third kappa shape index (κ3) is 5.40. The highest BCUT2D eigenvalue weighted by atomic mass is 32.1. The molecule has 1 nitrogen and oxygen atoms in total. The molecule has 1 aromatic heterocycles. The Bertz CT molecular complexity index is 383. The molecule has 1 aromatic rings. The zero-order chi connectivity index (χ0) is 14.8. The molecule has 0 spiro atoms. The van der Waals surface area contributed by atoms with Crippen molar-refractivity contribution < 1.29 is 0 Å². The summed E-state index contributed by atoms with van der Waals surface area (Å²) in [5, 5.41) is 3.31. The third-order valence-corrected chi connectivity index (χ3v) is 5.07. The van der Waals surface area contributed by atoms with E-state index in [0.717, 1.165) is 5.01 Å². The number of hydrogen-bond donors (Lipinski definition) is 0. The van der Waals surface area contributed by atoms with E-state index in [1.54, 1.807) is 11.3 Å². The molecule has 0 N–H and O–H groups in total. The molecular formula is C18H31NS. The van der Waals surface area contributed by atoms with Crippen molar-refractivity contribution >= 4 is 17.4 Å². The van der Waals surface area contributed by atoms with Crippen molar-refractivity contribution in [2.24, 2.45) is 0 Å². The Morgan fingerprint density at radius 2 is 1.75 bits per heavy atom. The zero-order valence-corrected chi connectivity index (χ0v) is 14.4. The smallest absolute Gasteiger partial charge is 0.115 e. The van der Waals surface area contributed by atoms with Gasteiger partial charge in [-0.25, -0.2) is 4.98 Å². The van der Waals surface area contributed by atoms with Crippen molar-refractivity contribution in [2.75, 3.05) is 0 Å². The van der Waals surface area contributed by atoms with Gasteiger partial charge in [-0.3, -0.25) is 0 Å². The summed E-state index contributed by atoms with van der Waals surface area (Å²) in [6.45, 7) is 10.8. The summed E-state index contributed by atoms with van der Waals surface area (Å²) in [4.78, 5) is 4.77. The fraction of sp³-hybridized carbons (Fsp3) is 0.722. The van der Waals surface area contributed by atoms with Crippen LogP contribution in [0.3, 0.4) is 0 Å². The first-order valence-corrected chi connectivity index (χ1v) is 9.12. The predicted molar refractivity (Wildman–Crippen MR) is 92.5 cm³/mol. The van der Waals surface area contributed by atoms with Crippen LogP contribution in [-0.4, -0.2) is 4.98 Å². The second kappa shape index (κ2) is 9.33. The van der Waals surface area contributed by atoms with Gasteiger partial charge in [-0.05, 0) is 18.9 Å². The summed E-state index contributed by atoms with van der Waals surface area (Å²) < 4.78 is 0. The summed E-state index contributed by atoms with van der Waals surface area (Å²) in [5.41, 5.74) is 1.56. The number of thiazole rings is 1. The average molecular weight is 294 g/mol. The van der Waals surface area contributed by atoms with E-state index in [0.29, 0.717) is 0 Å². The van der Waals surface area contributed by atoms with E-state index in [9.17, 15) is 0 Å². The number of aromatic nitrogens is 1. The van der Waals surface area contributed by atoms with E-state index in [-0.39, 0.29) is 5.41 Å². The highest BCUT2D eigenvalue weighted by molar-refractivity contribution is 7.10. The van der Waals surface area contributed by atoms with Crippen LogP contribution in [0, 0.1) is 0 Å². The molecule has 0 aliphatic rings. The molecule has 0 aliphatic heterocycles. The second-order valence-corrected chi connectivity index (χ2v) is 6.99. The van der Waals surface area contributed by atoms with Gasteiger partial charge in [0.05, 0.1) is 5.69 Å². The second-order valence-electron chi connectivity index (χ2n) is 6.10. The SMILES string of the molecule is C=Cc1nc(C(C)(CCCC)CCCCCCC)cs1. The first-order valence-electron chi connectivity index (χ1n) is 8.24. The Morgan fingerprint density at radius 1 is 1.10 bits per heavy atom. The Morgan fingerprint density at radius 3 is 2.35 bits per heavy atom. The molecule has 0 fully saturated rings. The standard InChI is InChI=1S/C18H31NS/c1-5-8-10-11-12-14-18(4,13-9-6-2)16-15-20-17(7-3)19-16/h7,15H,3,5-6,8-14H2,1-2,4H3. The quantitative estimate of drug-likeness (QED) is 0.419. The van der Waals surface area contributed by atoms with Gasteiger partial charge in [0, 0.05) is 10.8 Å². The Kier molecular flexibility index (Phi) is 8.13. The van der Waals surface area contributed by atoms with Crippen molar-refractivity contribution in [1.29, 1.82) is 0 Å². The summed E-state index contributed by atoms with van der Waals surface area (Å²) in [7, 11) is 0. The van der Waals surface area contributed by atoms with Crippen molar-refractivity contribution in [2.45, 2.75) is 84.0 Å². The highest BCUT2D eigenvalue weighted by Crippen LogP contribution is 2.35. The first kappa shape index (κ1) is 17.4. The largest absolute Gasteiger partial charge is 0.241 e. The molecule has 0 radical (unpaired) electrons. The number of hydrogen-bond acceptors (Lipinski definition) is 2. The summed E-state index contributed by atoms with van der Waals surface area (Å²) in [6, 6.07) is 0. The number of unbranched alkanes of at least 4 members (excludes halogenated alkanes) is 5. The van der Waals surface area contributed by atoms with Crippen LogP contribution in [0.1, 0.15) is 89.3 Å². The average Bonchev–Trinajstić information content (AvgIpc) is 2.94. The molecule has 2 heteroatoms. The molecule has 20 heavy (non-hydrogen) atoms. The van der Waals surface area contributed by atoms with Crippen molar-refractivity contribution in [3.8, 4) is 0 Å². The fourth-order valence-corrected chi connectivity index (χ4v) is 3.54. The van der Waals surface area contributed by atoms with E-state index < -0.39 is 0 Å². The Labute approximate surface area is 129 Å². The summed E-state index contributed by atoms with van der Waals surface area (Å²) in [6.07, 6.45) is 13.8. The Hall–Kier alpha value is -0.630. The fourth-order valence-electron chi connectivity index (χ4n) is 2.73. The van der Waals surface area contributed by atoms with E-state index in [1.807, 2.05) is 6.08 Å². The van der Waals surface area contributed by atoms with Gasteiger partial charge in [0.2, 0.25) is 0 Å². The maximum Gasteiger partial charge on any atom is 0.115 e. The topological polar surface area (TPSA) is 12.9 Å². The van der Waals surface area contributed by atoms with Gasteiger partial charge in [0.1, 0.15) is 5.01 Å². The van der Waals surface area contributed by atoms with Crippen LogP contribution in [0.15, 0.2) is 12.0 Å². The maximum atomic E-state index is 4.77. The maximum absolute atomic E-state index is 4.77. The van der Waals surface area contributed by atoms with Crippen LogP contribution in [0.5, 0.6) is 0 Å². The molecule has 0 aromatic carbocycles. The molecule has 0 bridgehead atoms. The highest BCUT2D eigenvalue weighted by Gasteiger charge is 2.28. The van der Waals surface area contributed by atoms with Gasteiger partial charge in [-0.15, -0.1) is 11.3 Å². The van der Waals surface area contributed by atoms with E-state index in [4.69, 9.17) is 4.98 Å². The van der Waals surface area contributed by atoms with Crippen LogP contribution in [-0.2, 0) is 5.41 Å². The lowest BCUT2D eigenvalue weighted by Gasteiger charge is -2.28. The normalized spacial score (nSPS) is 14.2. The van der Waals surface area contributed by atoms with E-state index >= 15 is 0 Å². The monoisotopic (exact) mass is 293 g/mol. The molecule has 0 saturated heterocycles. The molecular weight excluding hydrogens is 262 g/mol. The van der Waals surface area contributed by atoms with E-state index in [2.05, 4.69) is 32.7 Å². The van der Waals surface area contributed by atoms with Crippen LogP contribution in [0.2, 0.25) is 0 Å². The zero-order valence-electron chi connectivity index (χ0n) is 13.6. The molecule has 114 valence electrons. The van der Waals surface area contributed by atoms with Crippen LogP contribution in [0.25, 0.3) is 6.08 Å². The van der Waals surface area contributed by atoms with E-state index in [1.165, 1.54) is 63.5 Å². The minimum Gasteiger partial charge on any atom is -0.241 e. The van der Waals surface area contributed by atoms with Crippen LogP contribution >= 0.6 is 11.3 Å². The molecule has 1 atom stereocenters. The number of rotatable bonds is 11. The minimum absolute atomic E-state index is 0.264. The van der Waals surface area contributed by atoms with Gasteiger partial charge < -0.3 is 0 Å². The van der Waals surface area contributed by atoms with Gasteiger partial charge in [-0.1, -0.05) is 72.3 Å². The summed E-state index contributed by atoms with van der Waals surface area (Å²) >= 11 is 1.73. The summed E-state index contributed by atoms with van der Waals surface area (Å²) in [5.74, 6) is 0. The molecule has 1 heterocycles. The lowest BCUT2D eigenvalue weighted by molar-refractivity contribution is 0.361. The molecule has 0 amide bonds. The lowest BCUT2D eigenvalue weighted by atomic mass is 9.77. The number of nitrogens with zero attached hydrogens (tertiary/aromatic N) is 1. The van der Waals surface area contributed by atoms with Crippen LogP contribution in [0.4, 0.5) is 0 Å². The lowest BCUT2D eigenvalue weighted by Crippen LogP contribution is -2.22. The third-order valence-electron chi connectivity index (χ3n) is 4.23. The van der Waals surface area contributed by atoms with Crippen molar-refractivity contribution in [1.82, 2.24) is 4.98 Å².